The van der Waals surface area contributed by atoms with E-state index in [1.165, 1.54) is 0 Å². The highest BCUT2D eigenvalue weighted by Gasteiger charge is 2.16. The summed E-state index contributed by atoms with van der Waals surface area (Å²) in [5.41, 5.74) is 1.10. The molecule has 1 aromatic heterocycles. The Morgan fingerprint density at radius 2 is 2.06 bits per heavy atom. The average molecular weight is 380 g/mol. The lowest BCUT2D eigenvalue weighted by Gasteiger charge is -2.22. The molecule has 102 valence electrons. The number of hydrogen-bond acceptors (Lipinski definition) is 3. The van der Waals surface area contributed by atoms with Gasteiger partial charge < -0.3 is 10.4 Å². The van der Waals surface area contributed by atoms with Gasteiger partial charge in [-0.05, 0) is 49.8 Å². The molecule has 0 saturated carbocycles. The maximum Gasteiger partial charge on any atom is 0.0684 e. The van der Waals surface area contributed by atoms with Crippen molar-refractivity contribution < 1.29 is 5.11 Å². The van der Waals surface area contributed by atoms with E-state index < -0.39 is 0 Å². The molecule has 3 nitrogen and oxygen atoms in total. The van der Waals surface area contributed by atoms with Gasteiger partial charge in [0.25, 0.3) is 0 Å². The van der Waals surface area contributed by atoms with Crippen LogP contribution in [0.15, 0.2) is 21.2 Å². The SMILES string of the molecule is CC(C)(C)CC(O)CNCc1ncc(Br)cc1Br. The maximum absolute atomic E-state index is 9.87. The van der Waals surface area contributed by atoms with Gasteiger partial charge in [0.1, 0.15) is 0 Å². The van der Waals surface area contributed by atoms with Gasteiger partial charge in [-0.2, -0.15) is 0 Å². The lowest BCUT2D eigenvalue weighted by molar-refractivity contribution is 0.119. The molecule has 0 bridgehead atoms. The quantitative estimate of drug-likeness (QED) is 0.822. The summed E-state index contributed by atoms with van der Waals surface area (Å²) >= 11 is 6.84. The summed E-state index contributed by atoms with van der Waals surface area (Å²) in [4.78, 5) is 4.31. The first kappa shape index (κ1) is 16.1. The third kappa shape index (κ3) is 6.27. The lowest BCUT2D eigenvalue weighted by Crippen LogP contribution is -2.30. The molecular formula is C13H20Br2N2O. The molecule has 1 rings (SSSR count). The van der Waals surface area contributed by atoms with Crippen LogP contribution in [0, 0.1) is 5.41 Å². The molecular weight excluding hydrogens is 360 g/mol. The van der Waals surface area contributed by atoms with Gasteiger partial charge in [-0.25, -0.2) is 0 Å². The Morgan fingerprint density at radius 3 is 2.61 bits per heavy atom. The summed E-state index contributed by atoms with van der Waals surface area (Å²) < 4.78 is 1.92. The first-order valence-electron chi connectivity index (χ1n) is 5.96. The van der Waals surface area contributed by atoms with Crippen molar-refractivity contribution in [1.29, 1.82) is 0 Å². The smallest absolute Gasteiger partial charge is 0.0684 e. The molecule has 0 aromatic carbocycles. The summed E-state index contributed by atoms with van der Waals surface area (Å²) in [5, 5.41) is 13.1. The molecule has 2 N–H and O–H groups in total. The standard InChI is InChI=1S/C13H20Br2N2O/c1-13(2,3)5-10(18)7-16-8-12-11(15)4-9(14)6-17-12/h4,6,10,16,18H,5,7-8H2,1-3H3. The van der Waals surface area contributed by atoms with Crippen molar-refractivity contribution in [2.45, 2.75) is 39.8 Å². The molecule has 1 aromatic rings. The summed E-state index contributed by atoms with van der Waals surface area (Å²) in [6.45, 7) is 7.62. The third-order valence-corrected chi connectivity index (χ3v) is 3.52. The number of aliphatic hydroxyl groups excluding tert-OH is 1. The Hall–Kier alpha value is 0.0300. The Morgan fingerprint density at radius 1 is 1.39 bits per heavy atom. The van der Waals surface area contributed by atoms with Crippen LogP contribution in [0.4, 0.5) is 0 Å². The van der Waals surface area contributed by atoms with Gasteiger partial charge in [0.2, 0.25) is 0 Å². The van der Waals surface area contributed by atoms with E-state index in [4.69, 9.17) is 0 Å². The average Bonchev–Trinajstić information content (AvgIpc) is 2.18. The number of rotatable bonds is 5. The molecule has 1 heterocycles. The predicted octanol–water partition coefficient (Wildman–Crippen LogP) is 3.49. The van der Waals surface area contributed by atoms with Crippen molar-refractivity contribution in [3.63, 3.8) is 0 Å². The van der Waals surface area contributed by atoms with Crippen molar-refractivity contribution in [2.24, 2.45) is 5.41 Å². The second kappa shape index (κ2) is 6.98. The first-order valence-corrected chi connectivity index (χ1v) is 7.55. The number of hydrogen-bond donors (Lipinski definition) is 2. The number of halogens is 2. The summed E-state index contributed by atoms with van der Waals surface area (Å²) in [6, 6.07) is 1.97. The van der Waals surface area contributed by atoms with Crippen LogP contribution in [-0.2, 0) is 6.54 Å². The van der Waals surface area contributed by atoms with Gasteiger partial charge in [0.15, 0.2) is 0 Å². The van der Waals surface area contributed by atoms with Crippen molar-refractivity contribution >= 4 is 31.9 Å². The molecule has 0 radical (unpaired) electrons. The van der Waals surface area contributed by atoms with Gasteiger partial charge in [0.05, 0.1) is 11.8 Å². The number of aliphatic hydroxyl groups is 1. The molecule has 0 aliphatic heterocycles. The molecule has 0 amide bonds. The molecule has 5 heteroatoms. The van der Waals surface area contributed by atoms with Crippen LogP contribution in [-0.4, -0.2) is 22.7 Å². The Bertz CT molecular complexity index is 391. The monoisotopic (exact) mass is 378 g/mol. The highest BCUT2D eigenvalue weighted by Crippen LogP contribution is 2.21. The predicted molar refractivity (Wildman–Crippen MR) is 81.4 cm³/mol. The number of pyridine rings is 1. The van der Waals surface area contributed by atoms with Crippen molar-refractivity contribution in [1.82, 2.24) is 10.3 Å². The van der Waals surface area contributed by atoms with Gasteiger partial charge in [-0.3, -0.25) is 4.98 Å². The van der Waals surface area contributed by atoms with E-state index in [-0.39, 0.29) is 11.5 Å². The Balaban J connectivity index is 2.37. The van der Waals surface area contributed by atoms with Gasteiger partial charge in [-0.15, -0.1) is 0 Å². The maximum atomic E-state index is 9.87. The zero-order chi connectivity index (χ0) is 13.8. The fraction of sp³-hybridized carbons (Fsp3) is 0.615. The van der Waals surface area contributed by atoms with E-state index in [1.54, 1.807) is 6.20 Å². The molecule has 0 aliphatic rings. The summed E-state index contributed by atoms with van der Waals surface area (Å²) in [5.74, 6) is 0. The van der Waals surface area contributed by atoms with E-state index >= 15 is 0 Å². The molecule has 0 aliphatic carbocycles. The number of nitrogens with one attached hydrogen (secondary N) is 1. The largest absolute Gasteiger partial charge is 0.392 e. The first-order chi connectivity index (χ1) is 8.28. The second-order valence-corrected chi connectivity index (χ2v) is 7.40. The minimum absolute atomic E-state index is 0.150. The van der Waals surface area contributed by atoms with Crippen LogP contribution in [0.2, 0.25) is 0 Å². The Kier molecular flexibility index (Phi) is 6.24. The van der Waals surface area contributed by atoms with Crippen molar-refractivity contribution in [3.05, 3.63) is 26.9 Å². The van der Waals surface area contributed by atoms with Crippen molar-refractivity contribution in [3.8, 4) is 0 Å². The molecule has 0 spiro atoms. The third-order valence-electron chi connectivity index (χ3n) is 2.40. The molecule has 1 atom stereocenters. The minimum Gasteiger partial charge on any atom is -0.392 e. The lowest BCUT2D eigenvalue weighted by atomic mass is 9.89. The number of aromatic nitrogens is 1. The van der Waals surface area contributed by atoms with Gasteiger partial charge in [-0.1, -0.05) is 20.8 Å². The normalized spacial score (nSPS) is 13.7. The van der Waals surface area contributed by atoms with Gasteiger partial charge in [0, 0.05) is 28.2 Å². The zero-order valence-corrected chi connectivity index (χ0v) is 14.2. The van der Waals surface area contributed by atoms with Gasteiger partial charge >= 0.3 is 0 Å². The molecule has 1 unspecified atom stereocenters. The topological polar surface area (TPSA) is 45.1 Å². The van der Waals surface area contributed by atoms with E-state index in [0.717, 1.165) is 21.1 Å². The van der Waals surface area contributed by atoms with E-state index in [2.05, 4.69) is 62.9 Å². The second-order valence-electron chi connectivity index (χ2n) is 5.63. The highest BCUT2D eigenvalue weighted by molar-refractivity contribution is 9.11. The molecule has 0 saturated heterocycles. The zero-order valence-electron chi connectivity index (χ0n) is 11.0. The summed E-state index contributed by atoms with van der Waals surface area (Å²) in [7, 11) is 0. The van der Waals surface area contributed by atoms with Crippen LogP contribution >= 0.6 is 31.9 Å². The molecule has 0 fully saturated rings. The van der Waals surface area contributed by atoms with Crippen LogP contribution in [0.3, 0.4) is 0 Å². The highest BCUT2D eigenvalue weighted by atomic mass is 79.9. The van der Waals surface area contributed by atoms with Crippen LogP contribution in [0.25, 0.3) is 0 Å². The minimum atomic E-state index is -0.320. The van der Waals surface area contributed by atoms with E-state index in [1.807, 2.05) is 6.07 Å². The fourth-order valence-electron chi connectivity index (χ4n) is 1.71. The van der Waals surface area contributed by atoms with Crippen LogP contribution in [0.5, 0.6) is 0 Å². The Labute approximate surface area is 126 Å². The number of nitrogens with zero attached hydrogens (tertiary/aromatic N) is 1. The molecule has 18 heavy (non-hydrogen) atoms. The van der Waals surface area contributed by atoms with E-state index in [0.29, 0.717) is 13.1 Å². The van der Waals surface area contributed by atoms with Crippen molar-refractivity contribution in [2.75, 3.05) is 6.54 Å². The van der Waals surface area contributed by atoms with E-state index in [9.17, 15) is 5.11 Å². The van der Waals surface area contributed by atoms with Crippen LogP contribution in [0.1, 0.15) is 32.9 Å². The van der Waals surface area contributed by atoms with Crippen LogP contribution < -0.4 is 5.32 Å². The summed E-state index contributed by atoms with van der Waals surface area (Å²) in [6.07, 6.45) is 2.24. The fourth-order valence-corrected chi connectivity index (χ4v) is 2.84.